The maximum Gasteiger partial charge on any atom is 0.488 e. The second-order valence-corrected chi connectivity index (χ2v) is 25.3. The molecule has 0 bridgehead atoms. The van der Waals surface area contributed by atoms with Crippen molar-refractivity contribution in [3.8, 4) is 21.9 Å². The molecule has 25 heteroatoms. The number of aliphatic carboxylic acids is 2. The van der Waals surface area contributed by atoms with E-state index in [-0.39, 0.29) is 49.6 Å². The Morgan fingerprint density at radius 2 is 1.13 bits per heavy atom. The summed E-state index contributed by atoms with van der Waals surface area (Å²) < 4.78 is 24.6. The summed E-state index contributed by atoms with van der Waals surface area (Å²) in [5.41, 5.74) is 6.39. The molecule has 4 amide bonds. The number of anilines is 1. The predicted molar refractivity (Wildman–Crippen MR) is 337 cm³/mol. The van der Waals surface area contributed by atoms with Gasteiger partial charge in [-0.15, -0.1) is 0 Å². The molecule has 0 spiro atoms. The maximum atomic E-state index is 14.3. The number of carboxylic acid groups (broad SMARTS) is 2. The van der Waals surface area contributed by atoms with Crippen LogP contribution in [0.5, 0.6) is 21.9 Å². The maximum absolute atomic E-state index is 14.3. The summed E-state index contributed by atoms with van der Waals surface area (Å²) in [5.74, 6) is -2.83. The first-order chi connectivity index (χ1) is 43.0. The number of carbonyl (C=O) groups excluding carboxylic acids is 4. The number of nitrogens with one attached hydrogen (secondary N) is 3. The predicted octanol–water partition coefficient (Wildman–Crippen LogP) is 6.44. The molecule has 6 aliphatic rings. The van der Waals surface area contributed by atoms with Crippen LogP contribution in [0.1, 0.15) is 89.9 Å². The summed E-state index contributed by atoms with van der Waals surface area (Å²) in [5, 5.41) is 47.4. The van der Waals surface area contributed by atoms with E-state index in [0.717, 1.165) is 77.5 Å². The summed E-state index contributed by atoms with van der Waals surface area (Å²) in [6.45, 7) is 0.385. The second-order valence-electron chi connectivity index (χ2n) is 23.3. The summed E-state index contributed by atoms with van der Waals surface area (Å²) in [6.07, 6.45) is 16.2. The number of carbonyl (C=O) groups is 6. The monoisotopic (exact) mass is 1250 g/mol. The van der Waals surface area contributed by atoms with Crippen LogP contribution in [0.4, 0.5) is 5.69 Å². The van der Waals surface area contributed by atoms with E-state index in [4.69, 9.17) is 34.7 Å². The molecule has 2 aliphatic carbocycles. The Labute approximate surface area is 523 Å². The van der Waals surface area contributed by atoms with E-state index in [2.05, 4.69) is 25.9 Å². The fraction of sp³-hybridized carbons (Fsp3) is 0.438. The van der Waals surface area contributed by atoms with Crippen molar-refractivity contribution >= 4 is 96.9 Å². The number of carboxylic acids is 2. The Morgan fingerprint density at radius 3 is 1.64 bits per heavy atom. The van der Waals surface area contributed by atoms with Crippen LogP contribution in [0.15, 0.2) is 121 Å². The van der Waals surface area contributed by atoms with Gasteiger partial charge in [0.1, 0.15) is 52.9 Å². The Hall–Kier alpha value is -8.10. The minimum atomic E-state index is -1.43. The van der Waals surface area contributed by atoms with Crippen LogP contribution in [0, 0.1) is 11.8 Å². The zero-order valence-corrected chi connectivity index (χ0v) is 51.2. The van der Waals surface area contributed by atoms with Gasteiger partial charge >= 0.3 is 19.1 Å². The highest BCUT2D eigenvalue weighted by Gasteiger charge is 2.63. The second kappa shape index (κ2) is 28.6. The topological polar surface area (TPSA) is 315 Å². The van der Waals surface area contributed by atoms with Gasteiger partial charge in [-0.2, -0.15) is 0 Å². The third kappa shape index (κ3) is 15.3. The molecule has 89 heavy (non-hydrogen) atoms. The van der Waals surface area contributed by atoms with Gasteiger partial charge in [0.05, 0.1) is 53.8 Å². The zero-order chi connectivity index (χ0) is 62.8. The van der Waals surface area contributed by atoms with E-state index >= 15 is 0 Å². The van der Waals surface area contributed by atoms with Gasteiger partial charge in [0.2, 0.25) is 23.6 Å². The normalized spacial score (nSPS) is 27.8. The van der Waals surface area contributed by atoms with Crippen LogP contribution in [0.25, 0.3) is 20.4 Å². The van der Waals surface area contributed by atoms with E-state index in [1.807, 2.05) is 97.1 Å². The molecule has 6 heterocycles. The first-order valence-corrected chi connectivity index (χ1v) is 31.9. The first-order valence-electron chi connectivity index (χ1n) is 30.2. The van der Waals surface area contributed by atoms with Gasteiger partial charge in [0, 0.05) is 36.4 Å². The molecule has 2 saturated heterocycles. The number of amides is 4. The smallest absolute Gasteiger partial charge is 0.488 e. The number of rotatable bonds is 11. The zero-order valence-electron chi connectivity index (χ0n) is 49.6. The molecule has 0 radical (unpaired) electrons. The van der Waals surface area contributed by atoms with Crippen LogP contribution in [-0.2, 0) is 28.8 Å². The lowest BCUT2D eigenvalue weighted by Crippen LogP contribution is -2.55. The van der Waals surface area contributed by atoms with Crippen LogP contribution < -0.4 is 46.1 Å². The molecule has 12 rings (SSSR count). The lowest BCUT2D eigenvalue weighted by molar-refractivity contribution is -0.146. The van der Waals surface area contributed by atoms with Gasteiger partial charge in [0.25, 0.3) is 10.4 Å². The number of benzene rings is 4. The first kappa shape index (κ1) is 63.9. The van der Waals surface area contributed by atoms with E-state index < -0.39 is 78.3 Å². The standard InChI is InChI=1S/C32H36N4O6S.C25H30N4O5S.C7H9BO3/c1-41-22-12-9-11-21(16-22)33-25-14-6-4-2-3-5-10-20-18-32(20,30(39)40)35-28(37)26-17-23(19-36(26)29(25)38)42-31-34-24-13-7-8-15-27(24)43-31;26-17-9-5-3-1-2-4-8-15-13-25(15,23(32)33)28-21(30)19-12-16(14-29(19)22(17)31)34-24-27-18-10-6-7-11-20(18)35-24;1-11-7-4-2-3-6(5-7)8(9)10/h5,7-13,15-16,20,23,25-26,33H,2-4,6,14,17-19H2,1H3,(H,35,37)(H,39,40);4,6-8,10-11,15-17,19H,1-3,5,9,12-14,26H2,(H,28,30)(H,32,33);2-5,9-10H,1H3/b10-5-;8-4-;/t20-,23-,25+,26+,32-;15-,16-,17+,19+,25-;/m11./s1. The van der Waals surface area contributed by atoms with Crippen molar-refractivity contribution in [1.82, 2.24) is 30.4 Å². The number of thiazole rings is 2. The van der Waals surface area contributed by atoms with Crippen molar-refractivity contribution < 1.29 is 68.0 Å². The minimum absolute atomic E-state index is 0.187. The summed E-state index contributed by atoms with van der Waals surface area (Å²) >= 11 is 2.82. The number of hydrogen-bond acceptors (Lipinski definition) is 18. The number of ether oxygens (including phenoxy) is 4. The Bertz CT molecular complexity index is 3520. The van der Waals surface area contributed by atoms with E-state index in [0.29, 0.717) is 53.0 Å². The third-order valence-corrected chi connectivity index (χ3v) is 19.0. The largest absolute Gasteiger partial charge is 0.497 e. The minimum Gasteiger partial charge on any atom is -0.497 e. The SMILES string of the molecule is COc1cccc(B(O)O)c1.COc1cccc(N[C@H]2CCCCC/C=C\[C@@H]3C[C@@]3(C(=O)O)NC(=O)[C@@H]3C[C@@H](Oc4nc5ccccc5s4)CN3C2=O)c1.N[C@H]1CCCCC/C=C\[C@@H]2C[C@@]2(C(=O)O)NC(=O)[C@@H]2C[C@@H](Oc3nc4ccccc4s3)CN2C1=O. The summed E-state index contributed by atoms with van der Waals surface area (Å²) in [4.78, 5) is 91.3. The molecule has 4 fully saturated rings. The van der Waals surface area contributed by atoms with Crippen molar-refractivity contribution in [2.24, 2.45) is 17.6 Å². The molecule has 4 aliphatic heterocycles. The van der Waals surface area contributed by atoms with Gasteiger partial charge in [-0.1, -0.05) is 115 Å². The van der Waals surface area contributed by atoms with Crippen LogP contribution in [0.3, 0.4) is 0 Å². The number of allylic oxidation sites excluding steroid dienone is 2. The lowest BCUT2D eigenvalue weighted by atomic mass is 9.80. The molecule has 9 N–H and O–H groups in total. The quantitative estimate of drug-likeness (QED) is 0.0511. The average molecular weight is 1260 g/mol. The van der Waals surface area contributed by atoms with Crippen LogP contribution in [-0.4, -0.2) is 157 Å². The molecule has 10 atom stereocenters. The van der Waals surface area contributed by atoms with Crippen molar-refractivity contribution in [2.75, 3.05) is 32.6 Å². The van der Waals surface area contributed by atoms with Gasteiger partial charge < -0.3 is 70.7 Å². The number of nitrogens with zero attached hydrogens (tertiary/aromatic N) is 4. The molecular weight excluding hydrogens is 1180 g/mol. The highest BCUT2D eigenvalue weighted by Crippen LogP contribution is 2.47. The van der Waals surface area contributed by atoms with Crippen molar-refractivity contribution in [2.45, 2.75) is 137 Å². The number of nitrogens with two attached hydrogens (primary N) is 1. The highest BCUT2D eigenvalue weighted by molar-refractivity contribution is 7.20. The molecule has 0 unspecified atom stereocenters. The Balaban J connectivity index is 0.000000170. The summed E-state index contributed by atoms with van der Waals surface area (Å²) in [6, 6.07) is 26.4. The van der Waals surface area contributed by atoms with Gasteiger partial charge in [-0.05, 0) is 105 Å². The molecular formula is C64H75BN8O14S2. The number of fused-ring (bicyclic) bond motifs is 6. The molecule has 2 saturated carbocycles. The molecule has 4 aromatic carbocycles. The van der Waals surface area contributed by atoms with Crippen molar-refractivity contribution in [3.05, 3.63) is 121 Å². The van der Waals surface area contributed by atoms with Crippen LogP contribution in [0.2, 0.25) is 0 Å². The van der Waals surface area contributed by atoms with Gasteiger partial charge in [-0.25, -0.2) is 19.6 Å². The number of methoxy groups -OCH3 is 2. The Morgan fingerprint density at radius 1 is 0.640 bits per heavy atom. The van der Waals surface area contributed by atoms with E-state index in [1.54, 1.807) is 36.3 Å². The van der Waals surface area contributed by atoms with Crippen molar-refractivity contribution in [1.29, 1.82) is 0 Å². The number of aromatic nitrogens is 2. The average Bonchev–Trinajstić information content (AvgIpc) is 2.04. The number of hydrogen-bond donors (Lipinski definition) is 8. The molecule has 6 aromatic rings. The van der Waals surface area contributed by atoms with E-state index in [1.165, 1.54) is 34.7 Å². The van der Waals surface area contributed by atoms with E-state index in [9.17, 15) is 39.0 Å². The molecule has 470 valence electrons. The fourth-order valence-electron chi connectivity index (χ4n) is 12.0. The fourth-order valence-corrected chi connectivity index (χ4v) is 13.8. The van der Waals surface area contributed by atoms with Crippen molar-refractivity contribution in [3.63, 3.8) is 0 Å². The highest BCUT2D eigenvalue weighted by atomic mass is 32.1. The Kier molecular flexibility index (Phi) is 20.5. The van der Waals surface area contributed by atoms with Crippen LogP contribution >= 0.6 is 22.7 Å². The van der Waals surface area contributed by atoms with Gasteiger partial charge in [0.15, 0.2) is 0 Å². The summed E-state index contributed by atoms with van der Waals surface area (Å²) in [7, 11) is 1.70. The molecule has 22 nitrogen and oxygen atoms in total. The third-order valence-electron chi connectivity index (χ3n) is 17.2. The van der Waals surface area contributed by atoms with Gasteiger partial charge in [-0.3, -0.25) is 19.2 Å². The number of para-hydroxylation sites is 2. The lowest BCUT2D eigenvalue weighted by Gasteiger charge is -2.30. The molecule has 2 aromatic heterocycles.